The maximum absolute atomic E-state index is 13.0. The number of nitrogens with one attached hydrogen (secondary N) is 2. The molecule has 0 aliphatic heterocycles. The normalized spacial score (nSPS) is 11.2. The summed E-state index contributed by atoms with van der Waals surface area (Å²) in [7, 11) is -3.97. The van der Waals surface area contributed by atoms with Crippen molar-refractivity contribution in [2.24, 2.45) is 0 Å². The fourth-order valence-corrected chi connectivity index (χ4v) is 5.01. The van der Waals surface area contributed by atoms with Gasteiger partial charge in [-0.1, -0.05) is 53.6 Å². The molecule has 0 aromatic heterocycles. The van der Waals surface area contributed by atoms with Crippen molar-refractivity contribution in [2.75, 3.05) is 11.3 Å². The van der Waals surface area contributed by atoms with Crippen LogP contribution in [0.2, 0.25) is 5.02 Å². The molecule has 0 saturated heterocycles. The molecule has 1 amide bonds. The highest BCUT2D eigenvalue weighted by atomic mass is 35.5. The first-order chi connectivity index (χ1) is 15.2. The summed E-state index contributed by atoms with van der Waals surface area (Å²) >= 11 is 6.18. The van der Waals surface area contributed by atoms with Gasteiger partial charge in [0.2, 0.25) is 0 Å². The lowest BCUT2D eigenvalue weighted by atomic mass is 10.1. The Balaban J connectivity index is 1.68. The van der Waals surface area contributed by atoms with Crippen LogP contribution in [0.25, 0.3) is 0 Å². The molecule has 2 N–H and O–H groups in total. The molecule has 3 rings (SSSR count). The minimum absolute atomic E-state index is 0.0544. The van der Waals surface area contributed by atoms with Crippen molar-refractivity contribution >= 4 is 33.2 Å². The van der Waals surface area contributed by atoms with Crippen LogP contribution in [0.5, 0.6) is 0 Å². The van der Waals surface area contributed by atoms with Crippen LogP contribution in [0, 0.1) is 20.8 Å². The highest BCUT2D eigenvalue weighted by molar-refractivity contribution is 7.92. The lowest BCUT2D eigenvalue weighted by molar-refractivity contribution is 0.0953. The van der Waals surface area contributed by atoms with E-state index < -0.39 is 10.0 Å². The van der Waals surface area contributed by atoms with E-state index in [1.54, 1.807) is 6.07 Å². The Morgan fingerprint density at radius 3 is 2.44 bits per heavy atom. The fourth-order valence-electron chi connectivity index (χ4n) is 3.36. The number of hydrogen-bond donors (Lipinski definition) is 2. The van der Waals surface area contributed by atoms with Gasteiger partial charge in [-0.05, 0) is 74.6 Å². The van der Waals surface area contributed by atoms with Crippen molar-refractivity contribution < 1.29 is 13.2 Å². The maximum Gasteiger partial charge on any atom is 0.263 e. The van der Waals surface area contributed by atoms with Crippen molar-refractivity contribution in [3.63, 3.8) is 0 Å². The van der Waals surface area contributed by atoms with Crippen LogP contribution in [0.1, 0.15) is 39.0 Å². The molecule has 0 bridgehead atoms. The van der Waals surface area contributed by atoms with E-state index in [0.717, 1.165) is 24.0 Å². The molecule has 0 aliphatic carbocycles. The van der Waals surface area contributed by atoms with Gasteiger partial charge in [0.25, 0.3) is 15.9 Å². The first kappa shape index (κ1) is 23.8. The predicted molar refractivity (Wildman–Crippen MR) is 130 cm³/mol. The standard InChI is InChI=1S/C25H27ClN2O3S/c1-17-6-4-7-20(14-17)8-5-13-27-25(29)21-11-12-22(26)24(16-21)32(30,31)28-23-15-18(2)9-10-19(23)3/h4,6-7,9-12,14-16,28H,5,8,13H2,1-3H3,(H,27,29). The number of hydrogen-bond acceptors (Lipinski definition) is 3. The van der Waals surface area contributed by atoms with Gasteiger partial charge in [0.15, 0.2) is 0 Å². The number of sulfonamides is 1. The summed E-state index contributed by atoms with van der Waals surface area (Å²) in [6, 6.07) is 18.0. The summed E-state index contributed by atoms with van der Waals surface area (Å²) in [5, 5.41) is 2.91. The third-order valence-corrected chi connectivity index (χ3v) is 6.98. The lowest BCUT2D eigenvalue weighted by Gasteiger charge is -2.13. The summed E-state index contributed by atoms with van der Waals surface area (Å²) in [4.78, 5) is 12.5. The average Bonchev–Trinajstić information content (AvgIpc) is 2.74. The number of halogens is 1. The van der Waals surface area contributed by atoms with Gasteiger partial charge in [-0.25, -0.2) is 8.42 Å². The van der Waals surface area contributed by atoms with E-state index in [1.807, 2.05) is 45.0 Å². The van der Waals surface area contributed by atoms with E-state index in [1.165, 1.54) is 29.3 Å². The lowest BCUT2D eigenvalue weighted by Crippen LogP contribution is -2.25. The van der Waals surface area contributed by atoms with Crippen molar-refractivity contribution in [1.82, 2.24) is 5.32 Å². The Labute approximate surface area is 194 Å². The van der Waals surface area contributed by atoms with E-state index in [4.69, 9.17) is 11.6 Å². The van der Waals surface area contributed by atoms with Gasteiger partial charge in [-0.3, -0.25) is 9.52 Å². The van der Waals surface area contributed by atoms with Crippen molar-refractivity contribution in [3.05, 3.63) is 93.5 Å². The zero-order valence-electron chi connectivity index (χ0n) is 18.4. The Bertz CT molecular complexity index is 1240. The second-order valence-electron chi connectivity index (χ2n) is 7.92. The molecule has 0 saturated carbocycles. The number of rotatable bonds is 8. The van der Waals surface area contributed by atoms with Crippen LogP contribution in [-0.4, -0.2) is 20.9 Å². The third kappa shape index (κ3) is 6.11. The molecule has 3 aromatic carbocycles. The fraction of sp³-hybridized carbons (Fsp3) is 0.240. The summed E-state index contributed by atoms with van der Waals surface area (Å²) in [6.45, 7) is 6.23. The van der Waals surface area contributed by atoms with Gasteiger partial charge in [0, 0.05) is 12.1 Å². The highest BCUT2D eigenvalue weighted by Crippen LogP contribution is 2.27. The molecule has 0 radical (unpaired) electrons. The average molecular weight is 471 g/mol. The largest absolute Gasteiger partial charge is 0.352 e. The van der Waals surface area contributed by atoms with Crippen LogP contribution in [0.3, 0.4) is 0 Å². The van der Waals surface area contributed by atoms with E-state index in [9.17, 15) is 13.2 Å². The number of amides is 1. The van der Waals surface area contributed by atoms with Crippen LogP contribution in [0.4, 0.5) is 5.69 Å². The topological polar surface area (TPSA) is 75.3 Å². The molecule has 0 unspecified atom stereocenters. The summed E-state index contributed by atoms with van der Waals surface area (Å²) in [6.07, 6.45) is 1.63. The Hall–Kier alpha value is -2.83. The van der Waals surface area contributed by atoms with E-state index >= 15 is 0 Å². The molecule has 0 heterocycles. The number of anilines is 1. The molecule has 0 fully saturated rings. The zero-order chi connectivity index (χ0) is 23.3. The van der Waals surface area contributed by atoms with Gasteiger partial charge in [-0.15, -0.1) is 0 Å². The molecule has 5 nitrogen and oxygen atoms in total. The van der Waals surface area contributed by atoms with Gasteiger partial charge in [0.05, 0.1) is 10.7 Å². The number of carbonyl (C=O) groups is 1. The van der Waals surface area contributed by atoms with Crippen molar-refractivity contribution in [2.45, 2.75) is 38.5 Å². The number of aryl methyl sites for hydroxylation is 4. The minimum Gasteiger partial charge on any atom is -0.352 e. The smallest absolute Gasteiger partial charge is 0.263 e. The molecule has 0 aliphatic rings. The molecule has 168 valence electrons. The Kier molecular flexibility index (Phi) is 7.59. The summed E-state index contributed by atoms with van der Waals surface area (Å²) in [5.74, 6) is -0.339. The Morgan fingerprint density at radius 1 is 0.938 bits per heavy atom. The molecule has 0 spiro atoms. The van der Waals surface area contributed by atoms with Crippen molar-refractivity contribution in [3.8, 4) is 0 Å². The second-order valence-corrected chi connectivity index (χ2v) is 9.98. The molecule has 3 aromatic rings. The molecular weight excluding hydrogens is 444 g/mol. The number of benzene rings is 3. The Morgan fingerprint density at radius 2 is 1.69 bits per heavy atom. The first-order valence-electron chi connectivity index (χ1n) is 10.4. The molecule has 32 heavy (non-hydrogen) atoms. The third-order valence-electron chi connectivity index (χ3n) is 5.13. The van der Waals surface area contributed by atoms with Gasteiger partial charge < -0.3 is 5.32 Å². The first-order valence-corrected chi connectivity index (χ1v) is 12.3. The summed E-state index contributed by atoms with van der Waals surface area (Å²) in [5.41, 5.74) is 4.86. The SMILES string of the molecule is Cc1cccc(CCCNC(=O)c2ccc(Cl)c(S(=O)(=O)Nc3cc(C)ccc3C)c2)c1. The van der Waals surface area contributed by atoms with Crippen LogP contribution in [0.15, 0.2) is 65.6 Å². The molecule has 7 heteroatoms. The van der Waals surface area contributed by atoms with Crippen LogP contribution < -0.4 is 10.0 Å². The minimum atomic E-state index is -3.97. The maximum atomic E-state index is 13.0. The van der Waals surface area contributed by atoms with E-state index in [0.29, 0.717) is 12.2 Å². The predicted octanol–water partition coefficient (Wildman–Crippen LogP) is 5.43. The molecule has 0 atom stereocenters. The van der Waals surface area contributed by atoms with Gasteiger partial charge >= 0.3 is 0 Å². The van der Waals surface area contributed by atoms with Crippen molar-refractivity contribution in [1.29, 1.82) is 0 Å². The van der Waals surface area contributed by atoms with E-state index in [2.05, 4.69) is 22.2 Å². The van der Waals surface area contributed by atoms with Crippen LogP contribution >= 0.6 is 11.6 Å². The van der Waals surface area contributed by atoms with Gasteiger partial charge in [0.1, 0.15) is 4.90 Å². The quantitative estimate of drug-likeness (QED) is 0.431. The number of carbonyl (C=O) groups excluding carboxylic acids is 1. The highest BCUT2D eigenvalue weighted by Gasteiger charge is 2.21. The summed E-state index contributed by atoms with van der Waals surface area (Å²) < 4.78 is 28.5. The molecular formula is C25H27ClN2O3S. The monoisotopic (exact) mass is 470 g/mol. The van der Waals surface area contributed by atoms with E-state index in [-0.39, 0.29) is 21.4 Å². The van der Waals surface area contributed by atoms with Gasteiger partial charge in [-0.2, -0.15) is 0 Å². The van der Waals surface area contributed by atoms with Crippen LogP contribution in [-0.2, 0) is 16.4 Å². The zero-order valence-corrected chi connectivity index (χ0v) is 20.0. The second kappa shape index (κ2) is 10.2.